The number of rotatable bonds is 12. The Morgan fingerprint density at radius 3 is 1.49 bits per heavy atom. The first-order valence-electron chi connectivity index (χ1n) is 16.9. The van der Waals surface area contributed by atoms with Crippen LogP contribution in [-0.4, -0.2) is 52.3 Å². The lowest BCUT2D eigenvalue weighted by molar-refractivity contribution is -0.198. The summed E-state index contributed by atoms with van der Waals surface area (Å²) in [6, 6.07) is 0. The minimum absolute atomic E-state index is 0.0351. The van der Waals surface area contributed by atoms with Crippen molar-refractivity contribution in [1.29, 1.82) is 0 Å². The van der Waals surface area contributed by atoms with Crippen LogP contribution in [-0.2, 0) is 8.85 Å². The zero-order valence-corrected chi connectivity index (χ0v) is 31.0. The highest BCUT2D eigenvalue weighted by Crippen LogP contribution is 2.67. The van der Waals surface area contributed by atoms with Crippen molar-refractivity contribution in [2.24, 2.45) is 22.7 Å². The van der Waals surface area contributed by atoms with Crippen LogP contribution in [0, 0.1) is 22.7 Å². The Morgan fingerprint density at radius 1 is 0.732 bits per heavy atom. The van der Waals surface area contributed by atoms with Gasteiger partial charge in [-0.05, 0) is 68.4 Å². The van der Waals surface area contributed by atoms with Gasteiger partial charge in [0.25, 0.3) is 0 Å². The molecular formula is C35H66O4Si2. The van der Waals surface area contributed by atoms with E-state index in [0.717, 1.165) is 57.8 Å². The summed E-state index contributed by atoms with van der Waals surface area (Å²) in [6.07, 6.45) is 13.0. The van der Waals surface area contributed by atoms with E-state index in [9.17, 15) is 10.2 Å². The van der Waals surface area contributed by atoms with Crippen LogP contribution in [0.2, 0.25) is 36.3 Å². The Bertz CT molecular complexity index is 912. The summed E-state index contributed by atoms with van der Waals surface area (Å²) in [5, 5.41) is 25.6. The average Bonchev–Trinajstić information content (AvgIpc) is 2.86. The largest absolute Gasteiger partial charge is 0.416 e. The summed E-state index contributed by atoms with van der Waals surface area (Å²) in [7, 11) is -4.29. The summed E-state index contributed by atoms with van der Waals surface area (Å²) in [6.45, 7) is 28.4. The quantitative estimate of drug-likeness (QED) is 0.172. The van der Waals surface area contributed by atoms with Gasteiger partial charge in [-0.15, -0.1) is 0 Å². The maximum atomic E-state index is 12.7. The van der Waals surface area contributed by atoms with Gasteiger partial charge in [0.15, 0.2) is 16.6 Å². The summed E-state index contributed by atoms with van der Waals surface area (Å²) in [5.41, 5.74) is 1.47. The molecule has 1 saturated carbocycles. The Kier molecular flexibility index (Phi) is 10.9. The molecule has 0 aromatic carbocycles. The molecule has 41 heavy (non-hydrogen) atoms. The standard InChI is InChI=1S/C35H66O4Si2/c1-13-15-18-26-22-28-20-17-21-29-23-27(19-16-14-2)31(37)35(30(26)36,25-39-41(11,12)33(6,7)8)34(28,29)24-38-40(9,10)32(3,4)5/h22-23,26-27,30-31,36-37H,13-21,24-25H2,1-12H3/t26-,27+,30-,31+,34?,35?. The Balaban J connectivity index is 2.30. The maximum absolute atomic E-state index is 12.7. The Morgan fingerprint density at radius 2 is 1.12 bits per heavy atom. The topological polar surface area (TPSA) is 58.9 Å². The van der Waals surface area contributed by atoms with Crippen molar-refractivity contribution in [2.45, 2.75) is 162 Å². The molecule has 0 aliphatic heterocycles. The molecule has 0 radical (unpaired) electrons. The van der Waals surface area contributed by atoms with Gasteiger partial charge >= 0.3 is 0 Å². The molecule has 6 heteroatoms. The first kappa shape index (κ1) is 35.2. The Labute approximate surface area is 256 Å². The van der Waals surface area contributed by atoms with Crippen molar-refractivity contribution >= 4 is 16.6 Å². The molecule has 6 atom stereocenters. The molecule has 4 nitrogen and oxygen atoms in total. The molecule has 0 heterocycles. The summed E-state index contributed by atoms with van der Waals surface area (Å²) in [5.74, 6) is 0.0702. The van der Waals surface area contributed by atoms with Gasteiger partial charge in [-0.25, -0.2) is 0 Å². The van der Waals surface area contributed by atoms with Gasteiger partial charge < -0.3 is 19.1 Å². The molecule has 2 unspecified atom stereocenters. The molecule has 0 aromatic rings. The van der Waals surface area contributed by atoms with Gasteiger partial charge in [0.1, 0.15) is 0 Å². The van der Waals surface area contributed by atoms with Crippen molar-refractivity contribution in [3.63, 3.8) is 0 Å². The van der Waals surface area contributed by atoms with Gasteiger partial charge in [0, 0.05) is 30.5 Å². The minimum atomic E-state index is -2.18. The van der Waals surface area contributed by atoms with E-state index in [-0.39, 0.29) is 21.9 Å². The van der Waals surface area contributed by atoms with Crippen molar-refractivity contribution in [3.05, 3.63) is 23.3 Å². The van der Waals surface area contributed by atoms with E-state index in [4.69, 9.17) is 8.85 Å². The second-order valence-electron chi connectivity index (χ2n) is 16.8. The van der Waals surface area contributed by atoms with Crippen molar-refractivity contribution < 1.29 is 19.1 Å². The molecule has 238 valence electrons. The number of unbranched alkanes of at least 4 members (excludes halogenated alkanes) is 2. The normalized spacial score (nSPS) is 32.8. The van der Waals surface area contributed by atoms with Crippen molar-refractivity contribution in [1.82, 2.24) is 0 Å². The lowest BCUT2D eigenvalue weighted by Crippen LogP contribution is -2.70. The zero-order chi connectivity index (χ0) is 31.1. The third kappa shape index (κ3) is 6.31. The first-order valence-corrected chi connectivity index (χ1v) is 22.7. The molecule has 3 rings (SSSR count). The van der Waals surface area contributed by atoms with Gasteiger partial charge in [-0.1, -0.05) is 104 Å². The fourth-order valence-electron chi connectivity index (χ4n) is 7.29. The summed E-state index contributed by atoms with van der Waals surface area (Å²) < 4.78 is 14.3. The van der Waals surface area contributed by atoms with Crippen LogP contribution in [0.5, 0.6) is 0 Å². The highest BCUT2D eigenvalue weighted by molar-refractivity contribution is 6.74. The number of hydrogen-bond donors (Lipinski definition) is 2. The first-order chi connectivity index (χ1) is 18.8. The minimum Gasteiger partial charge on any atom is -0.416 e. The van der Waals surface area contributed by atoms with Crippen molar-refractivity contribution in [2.75, 3.05) is 13.2 Å². The van der Waals surface area contributed by atoms with Crippen LogP contribution in [0.15, 0.2) is 23.3 Å². The zero-order valence-electron chi connectivity index (χ0n) is 29.0. The average molecular weight is 607 g/mol. The van der Waals surface area contributed by atoms with Crippen molar-refractivity contribution in [3.8, 4) is 0 Å². The van der Waals surface area contributed by atoms with E-state index in [1.807, 2.05) is 0 Å². The van der Waals surface area contributed by atoms with Gasteiger partial charge in [0.2, 0.25) is 0 Å². The number of aliphatic hydroxyl groups is 2. The fraction of sp³-hybridized carbons (Fsp3) is 0.886. The van der Waals surface area contributed by atoms with E-state index >= 15 is 0 Å². The Hall–Kier alpha value is -0.246. The highest BCUT2D eigenvalue weighted by Gasteiger charge is 2.69. The van der Waals surface area contributed by atoms with Crippen LogP contribution in [0.25, 0.3) is 0 Å². The molecule has 0 amide bonds. The van der Waals surface area contributed by atoms with E-state index < -0.39 is 39.7 Å². The lowest BCUT2D eigenvalue weighted by atomic mass is 9.42. The third-order valence-electron chi connectivity index (χ3n) is 12.2. The molecule has 0 bridgehead atoms. The molecular weight excluding hydrogens is 541 g/mol. The van der Waals surface area contributed by atoms with Gasteiger partial charge in [0.05, 0.1) is 17.6 Å². The maximum Gasteiger partial charge on any atom is 0.192 e. The molecule has 0 aromatic heterocycles. The summed E-state index contributed by atoms with van der Waals surface area (Å²) >= 11 is 0. The SMILES string of the molecule is CCCC[C@H]1C=C2CCCC3=C[C@@H](CCCC)[C@@H](O)C(CO[Si](C)(C)C(C)(C)C)([C@H]1O)C23CO[Si](C)(C)C(C)(C)C. The molecule has 0 saturated heterocycles. The van der Waals surface area contributed by atoms with Crippen LogP contribution in [0.1, 0.15) is 113 Å². The van der Waals surface area contributed by atoms with E-state index in [1.54, 1.807) is 0 Å². The predicted molar refractivity (Wildman–Crippen MR) is 179 cm³/mol. The second-order valence-corrected chi connectivity index (χ2v) is 26.4. The second kappa shape index (κ2) is 12.6. The third-order valence-corrected chi connectivity index (χ3v) is 21.2. The van der Waals surface area contributed by atoms with E-state index in [2.05, 4.69) is 93.7 Å². The molecule has 1 fully saturated rings. The molecule has 3 aliphatic carbocycles. The fourth-order valence-corrected chi connectivity index (χ4v) is 9.33. The molecule has 3 aliphatic rings. The van der Waals surface area contributed by atoms with E-state index in [0.29, 0.717) is 13.2 Å². The van der Waals surface area contributed by atoms with Gasteiger partial charge in [-0.2, -0.15) is 0 Å². The van der Waals surface area contributed by atoms with Crippen LogP contribution in [0.3, 0.4) is 0 Å². The van der Waals surface area contributed by atoms with E-state index in [1.165, 1.54) is 11.1 Å². The highest BCUT2D eigenvalue weighted by atomic mass is 28.4. The summed E-state index contributed by atoms with van der Waals surface area (Å²) in [4.78, 5) is 0. The van der Waals surface area contributed by atoms with Crippen LogP contribution in [0.4, 0.5) is 0 Å². The smallest absolute Gasteiger partial charge is 0.192 e. The van der Waals surface area contributed by atoms with Crippen LogP contribution >= 0.6 is 0 Å². The lowest BCUT2D eigenvalue weighted by Gasteiger charge is -2.66. The molecule has 0 spiro atoms. The number of aliphatic hydroxyl groups excluding tert-OH is 2. The monoisotopic (exact) mass is 606 g/mol. The predicted octanol–water partition coefficient (Wildman–Crippen LogP) is 9.40. The number of hydrogen-bond acceptors (Lipinski definition) is 4. The molecule has 2 N–H and O–H groups in total. The van der Waals surface area contributed by atoms with Gasteiger partial charge in [-0.3, -0.25) is 0 Å². The van der Waals surface area contributed by atoms with Crippen LogP contribution < -0.4 is 0 Å².